The largest absolute Gasteiger partial charge is 0.341 e. The van der Waals surface area contributed by atoms with Crippen LogP contribution in [0.3, 0.4) is 0 Å². The molecule has 1 aromatic carbocycles. The molecule has 0 bridgehead atoms. The monoisotopic (exact) mass is 334 g/mol. The zero-order valence-electron chi connectivity index (χ0n) is 13.4. The van der Waals surface area contributed by atoms with Gasteiger partial charge in [-0.2, -0.15) is 0 Å². The third-order valence-corrected chi connectivity index (χ3v) is 5.76. The summed E-state index contributed by atoms with van der Waals surface area (Å²) in [5, 5.41) is 0. The van der Waals surface area contributed by atoms with Crippen LogP contribution in [0.1, 0.15) is 25.7 Å². The number of amides is 2. The minimum Gasteiger partial charge on any atom is -0.341 e. The van der Waals surface area contributed by atoms with Crippen LogP contribution < -0.4 is 4.90 Å². The van der Waals surface area contributed by atoms with Crippen molar-refractivity contribution in [3.8, 4) is 0 Å². The Labute approximate surface area is 139 Å². The maximum absolute atomic E-state index is 13.4. The summed E-state index contributed by atoms with van der Waals surface area (Å²) in [6.07, 6.45) is 4.02. The molecule has 1 saturated carbocycles. The van der Waals surface area contributed by atoms with E-state index in [1.54, 1.807) is 0 Å². The summed E-state index contributed by atoms with van der Waals surface area (Å²) in [7, 11) is 0. The van der Waals surface area contributed by atoms with Crippen LogP contribution in [0.15, 0.2) is 18.2 Å². The maximum Gasteiger partial charge on any atom is 0.239 e. The third kappa shape index (κ3) is 2.48. The average Bonchev–Trinajstić information content (AvgIpc) is 3.23. The molecule has 0 aromatic heterocycles. The van der Waals surface area contributed by atoms with Gasteiger partial charge in [0.15, 0.2) is 11.6 Å². The van der Waals surface area contributed by atoms with Gasteiger partial charge in [-0.25, -0.2) is 8.78 Å². The fourth-order valence-electron chi connectivity index (χ4n) is 4.45. The van der Waals surface area contributed by atoms with Crippen molar-refractivity contribution in [3.05, 3.63) is 29.8 Å². The van der Waals surface area contributed by atoms with Crippen LogP contribution in [-0.4, -0.2) is 36.3 Å². The Morgan fingerprint density at radius 2 is 1.75 bits per heavy atom. The van der Waals surface area contributed by atoms with Gasteiger partial charge >= 0.3 is 0 Å². The maximum atomic E-state index is 13.4. The second kappa shape index (κ2) is 5.83. The lowest BCUT2D eigenvalue weighted by Gasteiger charge is -2.21. The molecule has 2 aliphatic heterocycles. The van der Waals surface area contributed by atoms with Crippen molar-refractivity contribution in [1.82, 2.24) is 4.90 Å². The van der Waals surface area contributed by atoms with Crippen LogP contribution in [0.2, 0.25) is 0 Å². The quantitative estimate of drug-likeness (QED) is 0.780. The van der Waals surface area contributed by atoms with Gasteiger partial charge < -0.3 is 9.80 Å². The normalized spacial score (nSPS) is 29.4. The Morgan fingerprint density at radius 1 is 1.04 bits per heavy atom. The number of hydrogen-bond donors (Lipinski definition) is 0. The molecule has 3 atom stereocenters. The molecule has 24 heavy (non-hydrogen) atoms. The van der Waals surface area contributed by atoms with Gasteiger partial charge in [-0.3, -0.25) is 9.59 Å². The lowest BCUT2D eigenvalue weighted by molar-refractivity contribution is -0.139. The summed E-state index contributed by atoms with van der Waals surface area (Å²) in [4.78, 5) is 28.6. The molecule has 3 unspecified atom stereocenters. The molecule has 0 radical (unpaired) electrons. The Balaban J connectivity index is 1.47. The Morgan fingerprint density at radius 3 is 2.42 bits per heavy atom. The average molecular weight is 334 g/mol. The van der Waals surface area contributed by atoms with E-state index in [4.69, 9.17) is 0 Å². The summed E-state index contributed by atoms with van der Waals surface area (Å²) in [5.41, 5.74) is 0.312. The first kappa shape index (κ1) is 15.5. The minimum absolute atomic E-state index is 0.0977. The first-order chi connectivity index (χ1) is 11.5. The SMILES string of the molecule is O=C(C1CCN(c2ccc(F)c(F)c2)C1=O)N1CC2CCCC2C1. The van der Waals surface area contributed by atoms with E-state index >= 15 is 0 Å². The van der Waals surface area contributed by atoms with Crippen LogP contribution in [-0.2, 0) is 9.59 Å². The Hall–Kier alpha value is -1.98. The van der Waals surface area contributed by atoms with Gasteiger partial charge in [0.2, 0.25) is 11.8 Å². The molecule has 4 nitrogen and oxygen atoms in total. The number of hydrogen-bond acceptors (Lipinski definition) is 2. The van der Waals surface area contributed by atoms with Crippen molar-refractivity contribution in [3.63, 3.8) is 0 Å². The molecule has 2 saturated heterocycles. The number of rotatable bonds is 2. The molecule has 0 N–H and O–H groups in total. The molecule has 3 fully saturated rings. The van der Waals surface area contributed by atoms with E-state index in [-0.39, 0.29) is 11.8 Å². The first-order valence-electron chi connectivity index (χ1n) is 8.60. The van der Waals surface area contributed by atoms with E-state index in [1.807, 2.05) is 4.90 Å². The number of fused-ring (bicyclic) bond motifs is 1. The molecule has 3 aliphatic rings. The number of halogens is 2. The van der Waals surface area contributed by atoms with E-state index in [1.165, 1.54) is 30.2 Å². The molecule has 6 heteroatoms. The molecule has 0 spiro atoms. The summed E-state index contributed by atoms with van der Waals surface area (Å²) in [6.45, 7) is 1.89. The lowest BCUT2D eigenvalue weighted by atomic mass is 10.0. The van der Waals surface area contributed by atoms with E-state index in [2.05, 4.69) is 0 Å². The number of nitrogens with zero attached hydrogens (tertiary/aromatic N) is 2. The van der Waals surface area contributed by atoms with Crippen LogP contribution in [0, 0.1) is 29.4 Å². The zero-order valence-corrected chi connectivity index (χ0v) is 13.4. The van der Waals surface area contributed by atoms with E-state index in [9.17, 15) is 18.4 Å². The smallest absolute Gasteiger partial charge is 0.239 e. The first-order valence-corrected chi connectivity index (χ1v) is 8.60. The molecule has 128 valence electrons. The van der Waals surface area contributed by atoms with Crippen molar-refractivity contribution in [2.45, 2.75) is 25.7 Å². The third-order valence-electron chi connectivity index (χ3n) is 5.76. The highest BCUT2D eigenvalue weighted by Gasteiger charge is 2.44. The van der Waals surface area contributed by atoms with Gasteiger partial charge in [0.1, 0.15) is 5.92 Å². The standard InChI is InChI=1S/C18H20F2N2O2/c19-15-5-4-13(8-16(15)20)22-7-6-14(18(22)24)17(23)21-9-11-2-1-3-12(11)10-21/h4-5,8,11-12,14H,1-3,6-7,9-10H2. The molecule has 2 amide bonds. The van der Waals surface area contributed by atoms with Crippen molar-refractivity contribution in [2.24, 2.45) is 17.8 Å². The van der Waals surface area contributed by atoms with Crippen LogP contribution in [0.25, 0.3) is 0 Å². The second-order valence-corrected chi connectivity index (χ2v) is 7.12. The Kier molecular flexibility index (Phi) is 3.77. The molecular weight excluding hydrogens is 314 g/mol. The molecule has 2 heterocycles. The molecule has 1 aromatic rings. The number of anilines is 1. The summed E-state index contributed by atoms with van der Waals surface area (Å²) >= 11 is 0. The fourth-order valence-corrected chi connectivity index (χ4v) is 4.45. The predicted octanol–water partition coefficient (Wildman–Crippen LogP) is 2.58. The number of carbonyl (C=O) groups excluding carboxylic acids is 2. The van der Waals surface area contributed by atoms with Gasteiger partial charge in [-0.05, 0) is 43.2 Å². The van der Waals surface area contributed by atoms with Gasteiger partial charge in [0.05, 0.1) is 0 Å². The fraction of sp³-hybridized carbons (Fsp3) is 0.556. The van der Waals surface area contributed by atoms with Crippen LogP contribution in [0.4, 0.5) is 14.5 Å². The number of benzene rings is 1. The minimum atomic E-state index is -0.984. The van der Waals surface area contributed by atoms with Gasteiger partial charge in [0, 0.05) is 31.4 Å². The zero-order chi connectivity index (χ0) is 16.8. The van der Waals surface area contributed by atoms with Gasteiger partial charge in [-0.1, -0.05) is 6.42 Å². The van der Waals surface area contributed by atoms with Crippen molar-refractivity contribution in [2.75, 3.05) is 24.5 Å². The Bertz CT molecular complexity index is 682. The topological polar surface area (TPSA) is 40.6 Å². The number of likely N-dealkylation sites (tertiary alicyclic amines) is 1. The molecule has 4 rings (SSSR count). The highest BCUT2D eigenvalue weighted by atomic mass is 19.2. The van der Waals surface area contributed by atoms with Crippen molar-refractivity contribution in [1.29, 1.82) is 0 Å². The number of carbonyl (C=O) groups is 2. The molecular formula is C18H20F2N2O2. The van der Waals surface area contributed by atoms with E-state index in [0.29, 0.717) is 30.5 Å². The summed E-state index contributed by atoms with van der Waals surface area (Å²) in [6, 6.07) is 3.40. The van der Waals surface area contributed by atoms with Crippen molar-refractivity contribution < 1.29 is 18.4 Å². The van der Waals surface area contributed by atoms with Crippen LogP contribution in [0.5, 0.6) is 0 Å². The van der Waals surface area contributed by atoms with Gasteiger partial charge in [0.25, 0.3) is 0 Å². The summed E-state index contributed by atoms with van der Waals surface area (Å²) < 4.78 is 26.5. The second-order valence-electron chi connectivity index (χ2n) is 7.12. The highest BCUT2D eigenvalue weighted by Crippen LogP contribution is 2.39. The van der Waals surface area contributed by atoms with Crippen molar-refractivity contribution >= 4 is 17.5 Å². The lowest BCUT2D eigenvalue weighted by Crippen LogP contribution is -2.39. The molecule has 1 aliphatic carbocycles. The predicted molar refractivity (Wildman–Crippen MR) is 84.2 cm³/mol. The van der Waals surface area contributed by atoms with Crippen LogP contribution >= 0.6 is 0 Å². The van der Waals surface area contributed by atoms with E-state index in [0.717, 1.165) is 25.2 Å². The highest BCUT2D eigenvalue weighted by molar-refractivity contribution is 6.09. The van der Waals surface area contributed by atoms with Gasteiger partial charge in [-0.15, -0.1) is 0 Å². The van der Waals surface area contributed by atoms with E-state index < -0.39 is 17.6 Å². The summed E-state index contributed by atoms with van der Waals surface area (Å²) in [5.74, 6) is -1.83.